The van der Waals surface area contributed by atoms with Crippen molar-refractivity contribution in [2.75, 3.05) is 20.8 Å². The average Bonchev–Trinajstić information content (AvgIpc) is 3.15. The van der Waals surface area contributed by atoms with E-state index in [1.54, 1.807) is 37.8 Å². The molecule has 7 heteroatoms. The van der Waals surface area contributed by atoms with Gasteiger partial charge in [-0.3, -0.25) is 9.59 Å². The van der Waals surface area contributed by atoms with Gasteiger partial charge in [-0.25, -0.2) is 0 Å². The van der Waals surface area contributed by atoms with Crippen LogP contribution in [0.15, 0.2) is 35.0 Å². The van der Waals surface area contributed by atoms with Crippen molar-refractivity contribution in [3.05, 3.63) is 46.2 Å². The first-order valence-electron chi connectivity index (χ1n) is 7.86. The maximum absolute atomic E-state index is 12.1. The summed E-state index contributed by atoms with van der Waals surface area (Å²) in [5.41, 5.74) is 1.44. The number of ether oxygens (including phenoxy) is 2. The van der Waals surface area contributed by atoms with E-state index >= 15 is 0 Å². The molecule has 2 amide bonds. The second kappa shape index (κ2) is 9.08. The molecule has 0 fully saturated rings. The summed E-state index contributed by atoms with van der Waals surface area (Å²) >= 11 is 1.46. The minimum absolute atomic E-state index is 0.150. The van der Waals surface area contributed by atoms with E-state index in [0.29, 0.717) is 17.1 Å². The molecule has 1 aromatic heterocycles. The standard InChI is InChI=1S/C18H22N2O4S/c1-12(15-10-14(23-2)4-5-16(15)24-3)20-17(21)6-8-19-18(22)13-7-9-25-11-13/h4-5,7,9-12H,6,8H2,1-3H3,(H,19,22)(H,20,21)/t12-/m1/s1. The van der Waals surface area contributed by atoms with Crippen molar-refractivity contribution in [3.8, 4) is 11.5 Å². The van der Waals surface area contributed by atoms with Crippen LogP contribution in [0.4, 0.5) is 0 Å². The van der Waals surface area contributed by atoms with Crippen molar-refractivity contribution in [1.82, 2.24) is 10.6 Å². The van der Waals surface area contributed by atoms with Gasteiger partial charge >= 0.3 is 0 Å². The summed E-state index contributed by atoms with van der Waals surface area (Å²) in [5.74, 6) is 1.05. The molecule has 2 N–H and O–H groups in total. The number of carbonyl (C=O) groups excluding carboxylic acids is 2. The third-order valence-corrected chi connectivity index (χ3v) is 4.39. The van der Waals surface area contributed by atoms with Gasteiger partial charge in [-0.1, -0.05) is 0 Å². The van der Waals surface area contributed by atoms with E-state index < -0.39 is 0 Å². The van der Waals surface area contributed by atoms with Crippen molar-refractivity contribution in [1.29, 1.82) is 0 Å². The molecule has 0 aliphatic carbocycles. The van der Waals surface area contributed by atoms with Crippen molar-refractivity contribution < 1.29 is 19.1 Å². The molecule has 2 rings (SSSR count). The molecule has 0 unspecified atom stereocenters. The number of amides is 2. The predicted octanol–water partition coefficient (Wildman–Crippen LogP) is 2.76. The van der Waals surface area contributed by atoms with Gasteiger partial charge in [-0.2, -0.15) is 11.3 Å². The van der Waals surface area contributed by atoms with Gasteiger partial charge in [0.2, 0.25) is 5.91 Å². The van der Waals surface area contributed by atoms with Crippen molar-refractivity contribution in [3.63, 3.8) is 0 Å². The van der Waals surface area contributed by atoms with Gasteiger partial charge in [0.05, 0.1) is 20.3 Å². The lowest BCUT2D eigenvalue weighted by Crippen LogP contribution is -2.32. The Balaban J connectivity index is 1.86. The highest BCUT2D eigenvalue weighted by molar-refractivity contribution is 7.08. The second-order valence-electron chi connectivity index (χ2n) is 5.42. The number of hydrogen-bond acceptors (Lipinski definition) is 5. The predicted molar refractivity (Wildman–Crippen MR) is 97.4 cm³/mol. The van der Waals surface area contributed by atoms with Gasteiger partial charge < -0.3 is 20.1 Å². The highest BCUT2D eigenvalue weighted by Crippen LogP contribution is 2.29. The van der Waals surface area contributed by atoms with Crippen LogP contribution in [0.3, 0.4) is 0 Å². The van der Waals surface area contributed by atoms with Crippen LogP contribution >= 0.6 is 11.3 Å². The summed E-state index contributed by atoms with van der Waals surface area (Å²) in [5, 5.41) is 9.25. The molecule has 2 aromatic rings. The first-order chi connectivity index (χ1) is 12.0. The molecule has 0 aliphatic rings. The Labute approximate surface area is 151 Å². The zero-order valence-corrected chi connectivity index (χ0v) is 15.3. The Kier molecular flexibility index (Phi) is 6.82. The molecule has 6 nitrogen and oxygen atoms in total. The second-order valence-corrected chi connectivity index (χ2v) is 6.20. The van der Waals surface area contributed by atoms with Crippen LogP contribution in [0, 0.1) is 0 Å². The molecule has 134 valence electrons. The molecule has 0 saturated heterocycles. The summed E-state index contributed by atoms with van der Waals surface area (Å²) in [6.07, 6.45) is 0.201. The van der Waals surface area contributed by atoms with Gasteiger partial charge in [0, 0.05) is 29.5 Å². The quantitative estimate of drug-likeness (QED) is 0.757. The van der Waals surface area contributed by atoms with Gasteiger partial charge in [-0.15, -0.1) is 0 Å². The van der Waals surface area contributed by atoms with E-state index in [0.717, 1.165) is 5.56 Å². The normalized spacial score (nSPS) is 11.5. The minimum Gasteiger partial charge on any atom is -0.497 e. The summed E-state index contributed by atoms with van der Waals surface area (Å²) in [7, 11) is 3.17. The molecule has 0 radical (unpaired) electrons. The van der Waals surface area contributed by atoms with Gasteiger partial charge in [0.25, 0.3) is 5.91 Å². The van der Waals surface area contributed by atoms with Crippen LogP contribution < -0.4 is 20.1 Å². The molecule has 0 saturated carbocycles. The molecular formula is C18H22N2O4S. The molecular weight excluding hydrogens is 340 g/mol. The molecule has 25 heavy (non-hydrogen) atoms. The third kappa shape index (κ3) is 5.22. The monoisotopic (exact) mass is 362 g/mol. The number of carbonyl (C=O) groups is 2. The first kappa shape index (κ1) is 18.8. The van der Waals surface area contributed by atoms with E-state index in [1.807, 2.05) is 18.4 Å². The maximum atomic E-state index is 12.1. The smallest absolute Gasteiger partial charge is 0.252 e. The van der Waals surface area contributed by atoms with Crippen LogP contribution in [-0.2, 0) is 4.79 Å². The summed E-state index contributed by atoms with van der Waals surface area (Å²) < 4.78 is 10.6. The molecule has 1 heterocycles. The number of hydrogen-bond donors (Lipinski definition) is 2. The van der Waals surface area contributed by atoms with Crippen LogP contribution in [0.25, 0.3) is 0 Å². The minimum atomic E-state index is -0.245. The molecule has 0 spiro atoms. The van der Waals surface area contributed by atoms with Crippen molar-refractivity contribution in [2.24, 2.45) is 0 Å². The van der Waals surface area contributed by atoms with Crippen LogP contribution in [0.2, 0.25) is 0 Å². The maximum Gasteiger partial charge on any atom is 0.252 e. The first-order valence-corrected chi connectivity index (χ1v) is 8.81. The molecule has 1 aromatic carbocycles. The Morgan fingerprint density at radius 1 is 1.20 bits per heavy atom. The fraction of sp³-hybridized carbons (Fsp3) is 0.333. The van der Waals surface area contributed by atoms with E-state index in [-0.39, 0.29) is 30.8 Å². The van der Waals surface area contributed by atoms with E-state index in [4.69, 9.17) is 9.47 Å². The number of thiophene rings is 1. The van der Waals surface area contributed by atoms with Gasteiger partial charge in [0.1, 0.15) is 11.5 Å². The van der Waals surface area contributed by atoms with Gasteiger partial charge in [-0.05, 0) is 36.6 Å². The molecule has 0 bridgehead atoms. The lowest BCUT2D eigenvalue weighted by Gasteiger charge is -2.18. The number of methoxy groups -OCH3 is 2. The Hall–Kier alpha value is -2.54. The van der Waals surface area contributed by atoms with E-state index in [9.17, 15) is 9.59 Å². The summed E-state index contributed by atoms with van der Waals surface area (Å²) in [6, 6.07) is 6.94. The fourth-order valence-corrected chi connectivity index (χ4v) is 2.99. The van der Waals surface area contributed by atoms with Crippen LogP contribution in [0.5, 0.6) is 11.5 Å². The Bertz CT molecular complexity index is 716. The summed E-state index contributed by atoms with van der Waals surface area (Å²) in [4.78, 5) is 23.9. The molecule has 1 atom stereocenters. The largest absolute Gasteiger partial charge is 0.497 e. The van der Waals surface area contributed by atoms with Crippen LogP contribution in [0.1, 0.15) is 35.3 Å². The van der Waals surface area contributed by atoms with E-state index in [2.05, 4.69) is 10.6 Å². The zero-order valence-electron chi connectivity index (χ0n) is 14.5. The van der Waals surface area contributed by atoms with E-state index in [1.165, 1.54) is 11.3 Å². The SMILES string of the molecule is COc1ccc(OC)c([C@@H](C)NC(=O)CCNC(=O)c2ccsc2)c1. The highest BCUT2D eigenvalue weighted by Gasteiger charge is 2.15. The van der Waals surface area contributed by atoms with Gasteiger partial charge in [0.15, 0.2) is 0 Å². The Morgan fingerprint density at radius 3 is 2.64 bits per heavy atom. The summed E-state index contributed by atoms with van der Waals surface area (Å²) in [6.45, 7) is 2.15. The highest BCUT2D eigenvalue weighted by atomic mass is 32.1. The Morgan fingerprint density at radius 2 is 2.00 bits per heavy atom. The number of nitrogens with one attached hydrogen (secondary N) is 2. The molecule has 0 aliphatic heterocycles. The average molecular weight is 362 g/mol. The lowest BCUT2D eigenvalue weighted by molar-refractivity contribution is -0.121. The fourth-order valence-electron chi connectivity index (χ4n) is 2.35. The number of benzene rings is 1. The topological polar surface area (TPSA) is 76.7 Å². The number of rotatable bonds is 8. The van der Waals surface area contributed by atoms with Crippen LogP contribution in [-0.4, -0.2) is 32.6 Å². The van der Waals surface area contributed by atoms with Crippen molar-refractivity contribution >= 4 is 23.2 Å². The van der Waals surface area contributed by atoms with Crippen molar-refractivity contribution in [2.45, 2.75) is 19.4 Å². The third-order valence-electron chi connectivity index (χ3n) is 3.70. The lowest BCUT2D eigenvalue weighted by atomic mass is 10.1. The zero-order chi connectivity index (χ0) is 18.2.